The highest BCUT2D eigenvalue weighted by atomic mass is 16.3. The van der Waals surface area contributed by atoms with Gasteiger partial charge in [-0.3, -0.25) is 5.32 Å². The third-order valence-electron chi connectivity index (χ3n) is 11.5. The first kappa shape index (κ1) is 31.9. The van der Waals surface area contributed by atoms with Crippen molar-refractivity contribution >= 4 is 71.5 Å². The Morgan fingerprint density at radius 3 is 1.95 bits per heavy atom. The molecule has 8 aromatic carbocycles. The van der Waals surface area contributed by atoms with Gasteiger partial charge in [-0.2, -0.15) is 0 Å². The number of para-hydroxylation sites is 3. The van der Waals surface area contributed by atoms with Gasteiger partial charge in [-0.15, -0.1) is 0 Å². The number of nitrogens with zero attached hydrogens (tertiary/aromatic N) is 2. The second-order valence-corrected chi connectivity index (χ2v) is 14.8. The fourth-order valence-corrected chi connectivity index (χ4v) is 8.85. The topological polar surface area (TPSA) is 67.6 Å². The molecular formula is C51H34N4O2. The van der Waals surface area contributed by atoms with Crippen LogP contribution >= 0.6 is 0 Å². The summed E-state index contributed by atoms with van der Waals surface area (Å²) >= 11 is 0. The van der Waals surface area contributed by atoms with E-state index in [9.17, 15) is 0 Å². The van der Waals surface area contributed by atoms with E-state index < -0.39 is 0 Å². The van der Waals surface area contributed by atoms with Gasteiger partial charge in [0.1, 0.15) is 40.5 Å². The van der Waals surface area contributed by atoms with Gasteiger partial charge in [0.15, 0.2) is 0 Å². The molecule has 0 radical (unpaired) electrons. The number of furan rings is 2. The highest BCUT2D eigenvalue weighted by Crippen LogP contribution is 2.42. The van der Waals surface area contributed by atoms with Crippen molar-refractivity contribution in [3.05, 3.63) is 199 Å². The van der Waals surface area contributed by atoms with Gasteiger partial charge in [0.05, 0.1) is 22.1 Å². The summed E-state index contributed by atoms with van der Waals surface area (Å²) in [7, 11) is 0. The molecule has 0 bridgehead atoms. The zero-order valence-electron chi connectivity index (χ0n) is 30.7. The van der Waals surface area contributed by atoms with Crippen LogP contribution in [0.3, 0.4) is 0 Å². The van der Waals surface area contributed by atoms with E-state index in [0.29, 0.717) is 0 Å². The SMILES string of the molecule is c1ccc(C2N=C(c3ccc4oc5c(-c6ccc7c(c6)oc6cccc(-n8c9ccccc9c9ccccc98)c67)cccc5c4c3)NC(c3ccccc3)N2)cc1. The van der Waals surface area contributed by atoms with Gasteiger partial charge in [-0.25, -0.2) is 4.99 Å². The van der Waals surface area contributed by atoms with Crippen molar-refractivity contribution in [3.8, 4) is 16.8 Å². The molecule has 12 rings (SSSR count). The molecule has 1 aliphatic rings. The number of rotatable bonds is 5. The smallest absolute Gasteiger partial charge is 0.143 e. The average Bonchev–Trinajstić information content (AvgIpc) is 3.96. The molecule has 6 heteroatoms. The van der Waals surface area contributed by atoms with Gasteiger partial charge in [-0.1, -0.05) is 127 Å². The Bertz CT molecular complexity index is 3320. The minimum atomic E-state index is -0.206. The van der Waals surface area contributed by atoms with E-state index >= 15 is 0 Å². The van der Waals surface area contributed by atoms with Crippen LogP contribution in [-0.2, 0) is 0 Å². The minimum Gasteiger partial charge on any atom is -0.456 e. The first-order chi connectivity index (χ1) is 28.2. The molecule has 2 atom stereocenters. The van der Waals surface area contributed by atoms with Crippen LogP contribution < -0.4 is 10.6 Å². The first-order valence-corrected chi connectivity index (χ1v) is 19.4. The minimum absolute atomic E-state index is 0.112. The Kier molecular flexibility index (Phi) is 7.03. The van der Waals surface area contributed by atoms with E-state index in [1.807, 2.05) is 12.1 Å². The summed E-state index contributed by atoms with van der Waals surface area (Å²) in [6.45, 7) is 0. The molecule has 11 aromatic rings. The second-order valence-electron chi connectivity index (χ2n) is 14.8. The van der Waals surface area contributed by atoms with Crippen LogP contribution in [-0.4, -0.2) is 10.4 Å². The molecule has 2 N–H and O–H groups in total. The number of fused-ring (bicyclic) bond motifs is 9. The lowest BCUT2D eigenvalue weighted by Gasteiger charge is -2.32. The Balaban J connectivity index is 0.963. The number of benzene rings is 8. The highest BCUT2D eigenvalue weighted by molar-refractivity contribution is 6.16. The van der Waals surface area contributed by atoms with Crippen LogP contribution in [0.2, 0.25) is 0 Å². The number of nitrogens with one attached hydrogen (secondary N) is 2. The quantitative estimate of drug-likeness (QED) is 0.185. The monoisotopic (exact) mass is 734 g/mol. The van der Waals surface area contributed by atoms with Crippen LogP contribution in [0.15, 0.2) is 196 Å². The van der Waals surface area contributed by atoms with Crippen LogP contribution in [0.25, 0.3) is 82.5 Å². The third kappa shape index (κ3) is 5.04. The number of aromatic nitrogens is 1. The zero-order valence-corrected chi connectivity index (χ0v) is 30.7. The molecule has 0 amide bonds. The number of aliphatic imine (C=N–C) groups is 1. The van der Waals surface area contributed by atoms with Crippen molar-refractivity contribution in [1.29, 1.82) is 0 Å². The van der Waals surface area contributed by atoms with Crippen molar-refractivity contribution in [1.82, 2.24) is 15.2 Å². The predicted octanol–water partition coefficient (Wildman–Crippen LogP) is 12.6. The molecule has 0 spiro atoms. The fourth-order valence-electron chi connectivity index (χ4n) is 8.85. The summed E-state index contributed by atoms with van der Waals surface area (Å²) in [5.74, 6) is 0.833. The third-order valence-corrected chi connectivity index (χ3v) is 11.5. The molecule has 0 saturated heterocycles. The summed E-state index contributed by atoms with van der Waals surface area (Å²) < 4.78 is 15.7. The molecule has 3 aromatic heterocycles. The summed E-state index contributed by atoms with van der Waals surface area (Å²) in [6, 6.07) is 63.7. The van der Waals surface area contributed by atoms with Gasteiger partial charge in [0, 0.05) is 38.1 Å². The molecule has 57 heavy (non-hydrogen) atoms. The lowest BCUT2D eigenvalue weighted by Crippen LogP contribution is -2.44. The summed E-state index contributed by atoms with van der Waals surface area (Å²) in [5, 5.41) is 14.1. The Hall–Kier alpha value is -7.41. The van der Waals surface area contributed by atoms with Gasteiger partial charge in [-0.05, 0) is 71.3 Å². The van der Waals surface area contributed by atoms with Crippen molar-refractivity contribution in [2.75, 3.05) is 0 Å². The predicted molar refractivity (Wildman–Crippen MR) is 232 cm³/mol. The van der Waals surface area contributed by atoms with E-state index in [1.165, 1.54) is 21.8 Å². The van der Waals surface area contributed by atoms with E-state index in [0.717, 1.165) is 83.2 Å². The standard InChI is InChI=1S/C51H34N4O2/c1-3-13-31(14-4-1)49-52-50(32-15-5-2-6-16-32)54-51(53-49)34-26-28-44-40(29-34)38-20-11-19-35(48(38)57-44)33-25-27-39-46(30-33)56-45-24-12-23-43(47(39)45)55-41-21-9-7-17-36(41)37-18-8-10-22-42(37)55/h1-30,49-50,52H,(H,53,54). The van der Waals surface area contributed by atoms with E-state index in [2.05, 4.69) is 185 Å². The van der Waals surface area contributed by atoms with Crippen molar-refractivity contribution in [2.24, 2.45) is 4.99 Å². The fraction of sp³-hybridized carbons (Fsp3) is 0.0392. The van der Waals surface area contributed by atoms with E-state index in [4.69, 9.17) is 13.8 Å². The van der Waals surface area contributed by atoms with Gasteiger partial charge < -0.3 is 18.7 Å². The summed E-state index contributed by atoms with van der Waals surface area (Å²) in [6.07, 6.45) is -0.319. The van der Waals surface area contributed by atoms with Gasteiger partial charge >= 0.3 is 0 Å². The second kappa shape index (κ2) is 12.6. The molecular weight excluding hydrogens is 701 g/mol. The Morgan fingerprint density at radius 1 is 0.474 bits per heavy atom. The van der Waals surface area contributed by atoms with Gasteiger partial charge in [0.25, 0.3) is 0 Å². The van der Waals surface area contributed by atoms with Crippen LogP contribution in [0.4, 0.5) is 0 Å². The molecule has 0 fully saturated rings. The molecule has 270 valence electrons. The Labute approximate surface area is 327 Å². The highest BCUT2D eigenvalue weighted by Gasteiger charge is 2.26. The number of hydrogen-bond acceptors (Lipinski definition) is 5. The van der Waals surface area contributed by atoms with Crippen LogP contribution in [0.1, 0.15) is 29.0 Å². The summed E-state index contributed by atoms with van der Waals surface area (Å²) in [5.41, 5.74) is 12.1. The Morgan fingerprint density at radius 2 is 1.16 bits per heavy atom. The maximum Gasteiger partial charge on any atom is 0.143 e. The van der Waals surface area contributed by atoms with Crippen LogP contribution in [0, 0.1) is 0 Å². The molecule has 0 aliphatic carbocycles. The molecule has 4 heterocycles. The van der Waals surface area contributed by atoms with Crippen LogP contribution in [0.5, 0.6) is 0 Å². The number of hydrogen-bond donors (Lipinski definition) is 2. The maximum atomic E-state index is 6.68. The number of amidine groups is 1. The maximum absolute atomic E-state index is 6.68. The molecule has 0 saturated carbocycles. The lowest BCUT2D eigenvalue weighted by atomic mass is 10.00. The first-order valence-electron chi connectivity index (χ1n) is 19.4. The average molecular weight is 735 g/mol. The summed E-state index contributed by atoms with van der Waals surface area (Å²) in [4.78, 5) is 5.19. The zero-order chi connectivity index (χ0) is 37.5. The normalized spacial score (nSPS) is 15.9. The van der Waals surface area contributed by atoms with Crippen molar-refractivity contribution < 1.29 is 8.83 Å². The van der Waals surface area contributed by atoms with E-state index in [1.54, 1.807) is 0 Å². The van der Waals surface area contributed by atoms with E-state index in [-0.39, 0.29) is 12.3 Å². The molecule has 2 unspecified atom stereocenters. The largest absolute Gasteiger partial charge is 0.456 e. The van der Waals surface area contributed by atoms with Gasteiger partial charge in [0.2, 0.25) is 0 Å². The molecule has 6 nitrogen and oxygen atoms in total. The van der Waals surface area contributed by atoms with Crippen molar-refractivity contribution in [3.63, 3.8) is 0 Å². The molecule has 1 aliphatic heterocycles. The van der Waals surface area contributed by atoms with Crippen molar-refractivity contribution in [2.45, 2.75) is 12.3 Å². The lowest BCUT2D eigenvalue weighted by molar-refractivity contribution is 0.409.